The smallest absolute Gasteiger partial charge is 0.336 e. The third-order valence-corrected chi connectivity index (χ3v) is 5.08. The number of aryl methyl sites for hydroxylation is 1. The second kappa shape index (κ2) is 6.75. The van der Waals surface area contributed by atoms with Gasteiger partial charge in [0.1, 0.15) is 11.3 Å². The van der Waals surface area contributed by atoms with E-state index in [1.807, 2.05) is 13.0 Å². The molecule has 1 heterocycles. The first-order valence-corrected chi connectivity index (χ1v) is 8.60. The largest absolute Gasteiger partial charge is 0.508 e. The lowest BCUT2D eigenvalue weighted by Crippen LogP contribution is -2.36. The predicted octanol–water partition coefficient (Wildman–Crippen LogP) is 3.73. The van der Waals surface area contributed by atoms with Gasteiger partial charge in [0.2, 0.25) is 0 Å². The number of hydrogen-bond donors (Lipinski definition) is 2. The Balaban J connectivity index is 1.91. The van der Waals surface area contributed by atoms with Crippen LogP contribution in [0.1, 0.15) is 50.7 Å². The number of rotatable bonds is 4. The highest BCUT2D eigenvalue weighted by Crippen LogP contribution is 2.28. The van der Waals surface area contributed by atoms with Crippen LogP contribution >= 0.6 is 0 Å². The average molecular weight is 315 g/mol. The molecule has 0 aliphatic heterocycles. The zero-order valence-electron chi connectivity index (χ0n) is 13.9. The van der Waals surface area contributed by atoms with Crippen LogP contribution in [0.25, 0.3) is 11.0 Å². The van der Waals surface area contributed by atoms with E-state index in [1.54, 1.807) is 12.1 Å². The van der Waals surface area contributed by atoms with Gasteiger partial charge in [0.05, 0.1) is 0 Å². The number of phenols is 1. The Morgan fingerprint density at radius 2 is 2.00 bits per heavy atom. The van der Waals surface area contributed by atoms with Gasteiger partial charge in [-0.3, -0.25) is 0 Å². The van der Waals surface area contributed by atoms with Crippen LogP contribution < -0.4 is 10.9 Å². The molecule has 0 unspecified atom stereocenters. The molecule has 2 N–H and O–H groups in total. The zero-order chi connectivity index (χ0) is 16.4. The molecule has 0 radical (unpaired) electrons. The molecule has 0 bridgehead atoms. The fourth-order valence-electron chi connectivity index (χ4n) is 3.60. The van der Waals surface area contributed by atoms with Crippen LogP contribution in [0, 0.1) is 5.92 Å². The van der Waals surface area contributed by atoms with E-state index in [2.05, 4.69) is 12.2 Å². The van der Waals surface area contributed by atoms with E-state index in [4.69, 9.17) is 4.42 Å². The summed E-state index contributed by atoms with van der Waals surface area (Å²) in [5, 5.41) is 14.5. The SMILES string of the molecule is CCc1cc2c(CN[C@@H]3CCCC[C@H]3C)cc(=O)oc2cc1O. The van der Waals surface area contributed by atoms with Crippen molar-refractivity contribution >= 4 is 11.0 Å². The Kier molecular flexibility index (Phi) is 4.71. The number of hydrogen-bond acceptors (Lipinski definition) is 4. The lowest BCUT2D eigenvalue weighted by Gasteiger charge is -2.29. The van der Waals surface area contributed by atoms with Gasteiger partial charge in [0, 0.05) is 30.1 Å². The molecule has 0 spiro atoms. The number of benzene rings is 1. The third-order valence-electron chi connectivity index (χ3n) is 5.08. The van der Waals surface area contributed by atoms with Gasteiger partial charge in [-0.1, -0.05) is 26.7 Å². The molecule has 4 heteroatoms. The molecule has 0 saturated heterocycles. The molecular weight excluding hydrogens is 290 g/mol. The molecule has 0 amide bonds. The van der Waals surface area contributed by atoms with E-state index in [1.165, 1.54) is 25.7 Å². The standard InChI is InChI=1S/C19H25NO3/c1-3-13-8-15-14(9-19(22)23-18(15)10-17(13)21)11-20-16-7-5-4-6-12(16)2/h8-10,12,16,20-21H,3-7,11H2,1-2H3/t12-,16-/m1/s1. The average Bonchev–Trinajstić information content (AvgIpc) is 2.53. The highest BCUT2D eigenvalue weighted by atomic mass is 16.4. The second-order valence-electron chi connectivity index (χ2n) is 6.67. The molecule has 4 nitrogen and oxygen atoms in total. The van der Waals surface area contributed by atoms with Gasteiger partial charge in [-0.15, -0.1) is 0 Å². The molecule has 1 aromatic carbocycles. The maximum atomic E-state index is 11.8. The lowest BCUT2D eigenvalue weighted by atomic mass is 9.86. The predicted molar refractivity (Wildman–Crippen MR) is 91.8 cm³/mol. The molecule has 1 aliphatic carbocycles. The minimum Gasteiger partial charge on any atom is -0.508 e. The first kappa shape index (κ1) is 16.1. The van der Waals surface area contributed by atoms with Crippen LogP contribution in [0.4, 0.5) is 0 Å². The molecule has 3 rings (SSSR count). The molecule has 2 atom stereocenters. The summed E-state index contributed by atoms with van der Waals surface area (Å²) in [6.07, 6.45) is 5.79. The number of nitrogens with one attached hydrogen (secondary N) is 1. The van der Waals surface area contributed by atoms with Crippen LogP contribution in [-0.2, 0) is 13.0 Å². The molecule has 124 valence electrons. The van der Waals surface area contributed by atoms with Gasteiger partial charge < -0.3 is 14.8 Å². The van der Waals surface area contributed by atoms with Crippen molar-refractivity contribution < 1.29 is 9.52 Å². The summed E-state index contributed by atoms with van der Waals surface area (Å²) in [5.41, 5.74) is 1.91. The van der Waals surface area contributed by atoms with Crippen LogP contribution in [0.2, 0.25) is 0 Å². The normalized spacial score (nSPS) is 21.7. The van der Waals surface area contributed by atoms with E-state index >= 15 is 0 Å². The maximum Gasteiger partial charge on any atom is 0.336 e. The van der Waals surface area contributed by atoms with E-state index in [-0.39, 0.29) is 11.4 Å². The summed E-state index contributed by atoms with van der Waals surface area (Å²) in [6, 6.07) is 5.57. The van der Waals surface area contributed by atoms with Crippen molar-refractivity contribution in [1.29, 1.82) is 0 Å². The molecule has 1 saturated carbocycles. The lowest BCUT2D eigenvalue weighted by molar-refractivity contribution is 0.279. The summed E-state index contributed by atoms with van der Waals surface area (Å²) in [4.78, 5) is 11.8. The van der Waals surface area contributed by atoms with Gasteiger partial charge in [0.25, 0.3) is 0 Å². The van der Waals surface area contributed by atoms with E-state index in [9.17, 15) is 9.90 Å². The van der Waals surface area contributed by atoms with Crippen molar-refractivity contribution in [2.45, 2.75) is 58.5 Å². The Bertz CT molecular complexity index is 750. The third kappa shape index (κ3) is 3.42. The first-order valence-electron chi connectivity index (χ1n) is 8.60. The number of fused-ring (bicyclic) bond motifs is 1. The summed E-state index contributed by atoms with van der Waals surface area (Å²) < 4.78 is 5.25. The van der Waals surface area contributed by atoms with Crippen molar-refractivity contribution in [2.24, 2.45) is 5.92 Å². The molecule has 1 aromatic heterocycles. The molecule has 1 fully saturated rings. The van der Waals surface area contributed by atoms with Crippen LogP contribution in [0.5, 0.6) is 5.75 Å². The van der Waals surface area contributed by atoms with E-state index < -0.39 is 0 Å². The molecular formula is C19H25NO3. The summed E-state index contributed by atoms with van der Waals surface area (Å²) in [7, 11) is 0. The highest BCUT2D eigenvalue weighted by molar-refractivity contribution is 5.82. The maximum absolute atomic E-state index is 11.8. The summed E-state index contributed by atoms with van der Waals surface area (Å²) in [6.45, 7) is 4.95. The minimum absolute atomic E-state index is 0.189. The highest BCUT2D eigenvalue weighted by Gasteiger charge is 2.21. The van der Waals surface area contributed by atoms with Crippen molar-refractivity contribution in [3.63, 3.8) is 0 Å². The fraction of sp³-hybridized carbons (Fsp3) is 0.526. The minimum atomic E-state index is -0.366. The molecule has 2 aromatic rings. The van der Waals surface area contributed by atoms with Crippen LogP contribution in [-0.4, -0.2) is 11.1 Å². The fourth-order valence-corrected chi connectivity index (χ4v) is 3.60. The monoisotopic (exact) mass is 315 g/mol. The Labute approximate surface area is 136 Å². The molecule has 1 aliphatic rings. The molecule has 23 heavy (non-hydrogen) atoms. The van der Waals surface area contributed by atoms with Crippen molar-refractivity contribution in [2.75, 3.05) is 0 Å². The second-order valence-corrected chi connectivity index (χ2v) is 6.67. The van der Waals surface area contributed by atoms with Gasteiger partial charge in [-0.2, -0.15) is 0 Å². The Morgan fingerprint density at radius 3 is 2.74 bits per heavy atom. The van der Waals surface area contributed by atoms with Crippen molar-refractivity contribution in [1.82, 2.24) is 5.32 Å². The van der Waals surface area contributed by atoms with E-state index in [0.717, 1.165) is 22.9 Å². The topological polar surface area (TPSA) is 62.5 Å². The van der Waals surface area contributed by atoms with Gasteiger partial charge >= 0.3 is 5.63 Å². The van der Waals surface area contributed by atoms with Crippen molar-refractivity contribution in [3.8, 4) is 5.75 Å². The van der Waals surface area contributed by atoms with Gasteiger partial charge in [0.15, 0.2) is 0 Å². The summed E-state index contributed by atoms with van der Waals surface area (Å²) >= 11 is 0. The van der Waals surface area contributed by atoms with Gasteiger partial charge in [-0.25, -0.2) is 4.79 Å². The zero-order valence-corrected chi connectivity index (χ0v) is 13.9. The van der Waals surface area contributed by atoms with E-state index in [0.29, 0.717) is 24.1 Å². The van der Waals surface area contributed by atoms with Crippen LogP contribution in [0.15, 0.2) is 27.4 Å². The number of aromatic hydroxyl groups is 1. The van der Waals surface area contributed by atoms with Gasteiger partial charge in [-0.05, 0) is 42.4 Å². The van der Waals surface area contributed by atoms with Crippen molar-refractivity contribution in [3.05, 3.63) is 39.7 Å². The Morgan fingerprint density at radius 1 is 1.22 bits per heavy atom. The quantitative estimate of drug-likeness (QED) is 0.844. The summed E-state index contributed by atoms with van der Waals surface area (Å²) in [5.74, 6) is 0.861. The Hall–Kier alpha value is -1.81. The van der Waals surface area contributed by atoms with Crippen LogP contribution in [0.3, 0.4) is 0 Å². The first-order chi connectivity index (χ1) is 11.1. The number of phenolic OH excluding ortho intramolecular Hbond substituents is 1.